The molecule has 2 rings (SSSR count). The summed E-state index contributed by atoms with van der Waals surface area (Å²) >= 11 is 0. The van der Waals surface area contributed by atoms with E-state index >= 15 is 0 Å². The molecule has 0 saturated heterocycles. The Hall–Kier alpha value is -1.29. The molecule has 0 bridgehead atoms. The average molecular weight is 193 g/mol. The molecule has 0 fully saturated rings. The second kappa shape index (κ2) is 3.84. The van der Waals surface area contributed by atoms with Gasteiger partial charge in [-0.25, -0.2) is 0 Å². The van der Waals surface area contributed by atoms with Crippen LogP contribution >= 0.6 is 0 Å². The lowest BCUT2D eigenvalue weighted by atomic mass is 10.1. The summed E-state index contributed by atoms with van der Waals surface area (Å²) in [5.41, 5.74) is 7.64. The van der Waals surface area contributed by atoms with Gasteiger partial charge in [-0.05, 0) is 13.3 Å². The summed E-state index contributed by atoms with van der Waals surface area (Å²) in [4.78, 5) is 6.43. The van der Waals surface area contributed by atoms with E-state index in [-0.39, 0.29) is 0 Å². The van der Waals surface area contributed by atoms with Crippen LogP contribution in [0.5, 0.6) is 0 Å². The second-order valence-corrected chi connectivity index (χ2v) is 3.59. The van der Waals surface area contributed by atoms with Gasteiger partial charge in [0.15, 0.2) is 0 Å². The van der Waals surface area contributed by atoms with Gasteiger partial charge in [0.1, 0.15) is 6.26 Å². The first-order chi connectivity index (χ1) is 6.79. The Balaban J connectivity index is 2.11. The molecule has 4 heteroatoms. The van der Waals surface area contributed by atoms with Crippen LogP contribution in [-0.4, -0.2) is 18.1 Å². The summed E-state index contributed by atoms with van der Waals surface area (Å²) in [5.74, 6) is 0. The minimum atomic E-state index is 0.437. The van der Waals surface area contributed by atoms with E-state index < -0.39 is 0 Å². The van der Waals surface area contributed by atoms with Crippen molar-refractivity contribution in [3.63, 3.8) is 0 Å². The quantitative estimate of drug-likeness (QED) is 0.719. The lowest BCUT2D eigenvalue weighted by Gasteiger charge is -2.24. The topological polar surface area (TPSA) is 55.3 Å². The lowest BCUT2D eigenvalue weighted by Crippen LogP contribution is -2.29. The smallest absolute Gasteiger partial charge is 0.297 e. The van der Waals surface area contributed by atoms with Crippen LogP contribution in [0, 0.1) is 0 Å². The number of hydrogen-bond donors (Lipinski definition) is 1. The van der Waals surface area contributed by atoms with Crippen LogP contribution in [0.25, 0.3) is 0 Å². The Morgan fingerprint density at radius 1 is 1.64 bits per heavy atom. The first-order valence-electron chi connectivity index (χ1n) is 4.84. The van der Waals surface area contributed by atoms with E-state index in [9.17, 15) is 0 Å². The largest absolute Gasteiger partial charge is 0.432 e. The van der Waals surface area contributed by atoms with Crippen LogP contribution in [0.3, 0.4) is 0 Å². The van der Waals surface area contributed by atoms with Crippen molar-refractivity contribution >= 4 is 6.01 Å². The van der Waals surface area contributed by atoms with Crippen LogP contribution in [0.15, 0.2) is 22.3 Å². The predicted octanol–water partition coefficient (Wildman–Crippen LogP) is 1.29. The third kappa shape index (κ3) is 1.80. The molecule has 0 radical (unpaired) electrons. The molecule has 0 aromatic carbocycles. The van der Waals surface area contributed by atoms with Gasteiger partial charge in [0.25, 0.3) is 6.01 Å². The van der Waals surface area contributed by atoms with Crippen molar-refractivity contribution in [3.8, 4) is 0 Å². The lowest BCUT2D eigenvalue weighted by molar-refractivity contribution is 0.534. The molecule has 1 aliphatic heterocycles. The van der Waals surface area contributed by atoms with Crippen LogP contribution < -0.4 is 10.6 Å². The highest BCUT2D eigenvalue weighted by Gasteiger charge is 2.15. The molecule has 0 saturated carbocycles. The number of hydrogen-bond acceptors (Lipinski definition) is 4. The summed E-state index contributed by atoms with van der Waals surface area (Å²) < 4.78 is 5.35. The Morgan fingerprint density at radius 3 is 3.14 bits per heavy atom. The van der Waals surface area contributed by atoms with Gasteiger partial charge in [0, 0.05) is 19.6 Å². The molecule has 2 heterocycles. The number of aromatic nitrogens is 1. The molecule has 0 amide bonds. The molecule has 2 N–H and O–H groups in total. The van der Waals surface area contributed by atoms with E-state index in [4.69, 9.17) is 10.2 Å². The van der Waals surface area contributed by atoms with Gasteiger partial charge in [-0.15, -0.1) is 0 Å². The molecule has 0 unspecified atom stereocenters. The fraction of sp³-hybridized carbons (Fsp3) is 0.500. The normalized spacial score (nSPS) is 17.0. The second-order valence-electron chi connectivity index (χ2n) is 3.59. The molecule has 0 atom stereocenters. The molecule has 0 spiro atoms. The third-order valence-corrected chi connectivity index (χ3v) is 2.35. The van der Waals surface area contributed by atoms with Gasteiger partial charge < -0.3 is 15.1 Å². The van der Waals surface area contributed by atoms with Gasteiger partial charge in [-0.1, -0.05) is 11.6 Å². The van der Waals surface area contributed by atoms with Crippen LogP contribution in [-0.2, 0) is 6.54 Å². The third-order valence-electron chi connectivity index (χ3n) is 2.35. The number of nitrogens with zero attached hydrogens (tertiary/aromatic N) is 2. The summed E-state index contributed by atoms with van der Waals surface area (Å²) in [6.45, 7) is 4.44. The maximum absolute atomic E-state index is 5.47. The monoisotopic (exact) mass is 193 g/mol. The highest BCUT2D eigenvalue weighted by molar-refractivity contribution is 5.32. The van der Waals surface area contributed by atoms with Gasteiger partial charge in [-0.2, -0.15) is 4.98 Å². The van der Waals surface area contributed by atoms with Crippen LogP contribution in [0.4, 0.5) is 6.01 Å². The number of nitrogens with two attached hydrogens (primary N) is 1. The summed E-state index contributed by atoms with van der Waals surface area (Å²) in [5, 5.41) is 0. The van der Waals surface area contributed by atoms with Crippen LogP contribution in [0.1, 0.15) is 19.0 Å². The maximum atomic E-state index is 5.47. The van der Waals surface area contributed by atoms with Crippen molar-refractivity contribution in [3.05, 3.63) is 23.6 Å². The minimum Gasteiger partial charge on any atom is -0.432 e. The molecule has 1 aromatic heterocycles. The zero-order valence-electron chi connectivity index (χ0n) is 8.36. The molecule has 14 heavy (non-hydrogen) atoms. The standard InChI is InChI=1S/C10H15N3O/c1-8-3-2-4-13(6-8)10-12-9(5-11)7-14-10/h3,7H,2,4-6,11H2,1H3. The van der Waals surface area contributed by atoms with Crippen molar-refractivity contribution in [2.24, 2.45) is 5.73 Å². The van der Waals surface area contributed by atoms with Crippen molar-refractivity contribution in [1.29, 1.82) is 0 Å². The summed E-state index contributed by atoms with van der Waals surface area (Å²) in [6.07, 6.45) is 4.94. The van der Waals surface area contributed by atoms with E-state index in [2.05, 4.69) is 22.9 Å². The number of rotatable bonds is 2. The SMILES string of the molecule is CC1=CCCN(c2nc(CN)co2)C1. The van der Waals surface area contributed by atoms with Crippen molar-refractivity contribution in [1.82, 2.24) is 4.98 Å². The van der Waals surface area contributed by atoms with Gasteiger partial charge >= 0.3 is 0 Å². The fourth-order valence-electron chi connectivity index (χ4n) is 1.61. The van der Waals surface area contributed by atoms with Gasteiger partial charge in [0.05, 0.1) is 5.69 Å². The molecule has 1 aliphatic rings. The van der Waals surface area contributed by atoms with E-state index in [0.717, 1.165) is 25.2 Å². The first kappa shape index (κ1) is 9.27. The Kier molecular flexibility index (Phi) is 2.54. The van der Waals surface area contributed by atoms with Gasteiger partial charge in [-0.3, -0.25) is 0 Å². The summed E-state index contributed by atoms with van der Waals surface area (Å²) in [7, 11) is 0. The highest BCUT2D eigenvalue weighted by Crippen LogP contribution is 2.18. The Morgan fingerprint density at radius 2 is 2.50 bits per heavy atom. The fourth-order valence-corrected chi connectivity index (χ4v) is 1.61. The molecular formula is C10H15N3O. The van der Waals surface area contributed by atoms with Crippen molar-refractivity contribution in [2.45, 2.75) is 19.9 Å². The van der Waals surface area contributed by atoms with E-state index in [1.165, 1.54) is 5.57 Å². The van der Waals surface area contributed by atoms with Gasteiger partial charge in [0.2, 0.25) is 0 Å². The number of oxazole rings is 1. The predicted molar refractivity (Wildman–Crippen MR) is 55.0 cm³/mol. The van der Waals surface area contributed by atoms with E-state index in [0.29, 0.717) is 12.6 Å². The zero-order valence-corrected chi connectivity index (χ0v) is 8.36. The Bertz CT molecular complexity index is 343. The number of anilines is 1. The first-order valence-corrected chi connectivity index (χ1v) is 4.84. The molecular weight excluding hydrogens is 178 g/mol. The Labute approximate surface area is 83.4 Å². The average Bonchev–Trinajstić information content (AvgIpc) is 2.66. The van der Waals surface area contributed by atoms with E-state index in [1.54, 1.807) is 6.26 Å². The van der Waals surface area contributed by atoms with E-state index in [1.807, 2.05) is 0 Å². The van der Waals surface area contributed by atoms with Crippen LogP contribution in [0.2, 0.25) is 0 Å². The van der Waals surface area contributed by atoms with Crippen molar-refractivity contribution in [2.75, 3.05) is 18.0 Å². The molecule has 0 aliphatic carbocycles. The zero-order chi connectivity index (χ0) is 9.97. The summed E-state index contributed by atoms with van der Waals surface area (Å²) in [6, 6.07) is 0.693. The molecule has 4 nitrogen and oxygen atoms in total. The highest BCUT2D eigenvalue weighted by atomic mass is 16.4. The molecule has 1 aromatic rings. The van der Waals surface area contributed by atoms with Crippen molar-refractivity contribution < 1.29 is 4.42 Å². The molecule has 76 valence electrons. The minimum absolute atomic E-state index is 0.437. The maximum Gasteiger partial charge on any atom is 0.297 e.